The first-order valence-electron chi connectivity index (χ1n) is 4.96. The lowest BCUT2D eigenvalue weighted by molar-refractivity contribution is 0.393. The Morgan fingerprint density at radius 3 is 2.25 bits per heavy atom. The third kappa shape index (κ3) is 1.93. The average molecular weight is 235 g/mol. The van der Waals surface area contributed by atoms with Gasteiger partial charge < -0.3 is 4.52 Å². The van der Waals surface area contributed by atoms with Crippen molar-refractivity contribution in [3.63, 3.8) is 0 Å². The fraction of sp³-hybridized carbons (Fsp3) is 0.250. The molecule has 0 fully saturated rings. The van der Waals surface area contributed by atoms with Gasteiger partial charge in [-0.1, -0.05) is 17.3 Å². The predicted octanol–water partition coefficient (Wildman–Crippen LogP) is 2.70. The monoisotopic (exact) mass is 235 g/mol. The number of hydrogen-bond donors (Lipinski definition) is 0. The molecule has 1 heterocycles. The second-order valence-corrected chi connectivity index (χ2v) is 5.06. The van der Waals surface area contributed by atoms with E-state index in [2.05, 4.69) is 5.16 Å². The largest absolute Gasteiger partial charge is 0.361 e. The van der Waals surface area contributed by atoms with Crippen LogP contribution < -0.4 is 0 Å². The van der Waals surface area contributed by atoms with Gasteiger partial charge in [0.2, 0.25) is 0 Å². The van der Waals surface area contributed by atoms with Crippen molar-refractivity contribution < 1.29 is 8.73 Å². The molecule has 1 atom stereocenters. The van der Waals surface area contributed by atoms with Crippen LogP contribution in [0.4, 0.5) is 0 Å². The summed E-state index contributed by atoms with van der Waals surface area (Å²) in [6.07, 6.45) is 1.67. The molecule has 0 radical (unpaired) electrons. The van der Waals surface area contributed by atoms with Crippen molar-refractivity contribution >= 4 is 10.8 Å². The fourth-order valence-corrected chi connectivity index (χ4v) is 2.23. The van der Waals surface area contributed by atoms with E-state index in [1.165, 1.54) is 0 Å². The quantitative estimate of drug-likeness (QED) is 0.803. The summed E-state index contributed by atoms with van der Waals surface area (Å²) in [5, 5.41) is 3.92. The van der Waals surface area contributed by atoms with Crippen LogP contribution >= 0.6 is 0 Å². The highest BCUT2D eigenvalue weighted by molar-refractivity contribution is 7.84. The summed E-state index contributed by atoms with van der Waals surface area (Å²) in [6, 6.07) is 7.64. The summed E-state index contributed by atoms with van der Waals surface area (Å²) >= 11 is 0. The number of aromatic nitrogens is 1. The van der Waals surface area contributed by atoms with E-state index in [0.29, 0.717) is 0 Å². The van der Waals surface area contributed by atoms with Crippen LogP contribution in [0.3, 0.4) is 0 Å². The molecule has 0 aliphatic carbocycles. The van der Waals surface area contributed by atoms with Gasteiger partial charge in [0.15, 0.2) is 0 Å². The molecule has 0 aliphatic rings. The number of nitrogens with zero attached hydrogens (tertiary/aromatic N) is 1. The van der Waals surface area contributed by atoms with Gasteiger partial charge in [-0.25, -0.2) is 0 Å². The van der Waals surface area contributed by atoms with E-state index in [-0.39, 0.29) is 0 Å². The van der Waals surface area contributed by atoms with Gasteiger partial charge >= 0.3 is 0 Å². The Kier molecular flexibility index (Phi) is 2.92. The normalized spacial score (nSPS) is 12.7. The highest BCUT2D eigenvalue weighted by Crippen LogP contribution is 2.27. The number of rotatable bonds is 2. The van der Waals surface area contributed by atoms with E-state index < -0.39 is 10.8 Å². The molecule has 0 saturated carbocycles. The van der Waals surface area contributed by atoms with Gasteiger partial charge in [0.05, 0.1) is 5.69 Å². The Morgan fingerprint density at radius 2 is 1.81 bits per heavy atom. The van der Waals surface area contributed by atoms with Gasteiger partial charge in [-0.05, 0) is 31.5 Å². The molecule has 1 unspecified atom stereocenters. The molecule has 3 nitrogen and oxygen atoms in total. The third-order valence-electron chi connectivity index (χ3n) is 2.51. The predicted molar refractivity (Wildman–Crippen MR) is 63.7 cm³/mol. The molecule has 0 N–H and O–H groups in total. The van der Waals surface area contributed by atoms with Gasteiger partial charge in [0, 0.05) is 27.5 Å². The smallest absolute Gasteiger partial charge is 0.141 e. The SMILES string of the molecule is Cc1noc(C)c1-c1ccc(S(C)=O)cc1. The second-order valence-electron chi connectivity index (χ2n) is 3.68. The highest BCUT2D eigenvalue weighted by Gasteiger charge is 2.11. The maximum Gasteiger partial charge on any atom is 0.141 e. The first kappa shape index (κ1) is 11.1. The lowest BCUT2D eigenvalue weighted by Gasteiger charge is -2.01. The lowest BCUT2D eigenvalue weighted by Crippen LogP contribution is -1.87. The van der Waals surface area contributed by atoms with E-state index in [4.69, 9.17) is 4.52 Å². The first-order valence-corrected chi connectivity index (χ1v) is 6.52. The molecule has 0 bridgehead atoms. The minimum atomic E-state index is -0.934. The summed E-state index contributed by atoms with van der Waals surface area (Å²) in [7, 11) is -0.934. The van der Waals surface area contributed by atoms with Crippen LogP contribution in [0.1, 0.15) is 11.5 Å². The second kappa shape index (κ2) is 4.22. The van der Waals surface area contributed by atoms with Crippen LogP contribution in [-0.2, 0) is 10.8 Å². The molecule has 1 aromatic heterocycles. The molecular formula is C12H13NO2S. The van der Waals surface area contributed by atoms with Crippen molar-refractivity contribution in [1.82, 2.24) is 5.16 Å². The molecule has 84 valence electrons. The molecule has 0 aliphatic heterocycles. The van der Waals surface area contributed by atoms with Gasteiger partial charge in [0.25, 0.3) is 0 Å². The molecular weight excluding hydrogens is 222 g/mol. The molecule has 1 aromatic carbocycles. The summed E-state index contributed by atoms with van der Waals surface area (Å²) in [4.78, 5) is 0.829. The molecule has 2 aromatic rings. The molecule has 4 heteroatoms. The van der Waals surface area contributed by atoms with Crippen molar-refractivity contribution in [3.8, 4) is 11.1 Å². The summed E-state index contributed by atoms with van der Waals surface area (Å²) < 4.78 is 16.4. The summed E-state index contributed by atoms with van der Waals surface area (Å²) in [5.41, 5.74) is 2.95. The summed E-state index contributed by atoms with van der Waals surface area (Å²) in [6.45, 7) is 3.80. The Labute approximate surface area is 96.9 Å². The Balaban J connectivity index is 2.46. The molecule has 16 heavy (non-hydrogen) atoms. The lowest BCUT2D eigenvalue weighted by atomic mass is 10.0. The molecule has 2 rings (SSSR count). The fourth-order valence-electron chi connectivity index (χ4n) is 1.71. The first-order chi connectivity index (χ1) is 7.59. The zero-order valence-corrected chi connectivity index (χ0v) is 10.3. The summed E-state index contributed by atoms with van der Waals surface area (Å²) in [5.74, 6) is 0.808. The van der Waals surface area contributed by atoms with Crippen molar-refractivity contribution in [1.29, 1.82) is 0 Å². The van der Waals surface area contributed by atoms with E-state index in [1.54, 1.807) is 6.26 Å². The standard InChI is InChI=1S/C12H13NO2S/c1-8-12(9(2)15-13-8)10-4-6-11(7-5-10)16(3)14/h4-7H,1-3H3. The Morgan fingerprint density at radius 1 is 1.19 bits per heavy atom. The van der Waals surface area contributed by atoms with Gasteiger partial charge in [-0.2, -0.15) is 0 Å². The maximum absolute atomic E-state index is 11.3. The van der Waals surface area contributed by atoms with Gasteiger partial charge in [0.1, 0.15) is 5.76 Å². The van der Waals surface area contributed by atoms with Crippen LogP contribution in [0.15, 0.2) is 33.7 Å². The van der Waals surface area contributed by atoms with E-state index in [1.807, 2.05) is 38.1 Å². The highest BCUT2D eigenvalue weighted by atomic mass is 32.2. The van der Waals surface area contributed by atoms with Crippen LogP contribution in [0.5, 0.6) is 0 Å². The van der Waals surface area contributed by atoms with Crippen LogP contribution in [0.2, 0.25) is 0 Å². The van der Waals surface area contributed by atoms with Crippen molar-refractivity contribution in [2.75, 3.05) is 6.26 Å². The minimum absolute atomic E-state index is 0.808. The zero-order chi connectivity index (χ0) is 11.7. The number of benzene rings is 1. The molecule has 0 amide bonds. The van der Waals surface area contributed by atoms with E-state index in [0.717, 1.165) is 27.5 Å². The zero-order valence-electron chi connectivity index (χ0n) is 9.48. The Hall–Kier alpha value is -1.42. The molecule has 0 saturated heterocycles. The third-order valence-corrected chi connectivity index (χ3v) is 3.44. The average Bonchev–Trinajstić information content (AvgIpc) is 2.59. The van der Waals surface area contributed by atoms with Crippen LogP contribution in [-0.4, -0.2) is 15.6 Å². The van der Waals surface area contributed by atoms with E-state index >= 15 is 0 Å². The van der Waals surface area contributed by atoms with Crippen molar-refractivity contribution in [2.45, 2.75) is 18.7 Å². The van der Waals surface area contributed by atoms with Crippen molar-refractivity contribution in [3.05, 3.63) is 35.7 Å². The van der Waals surface area contributed by atoms with E-state index in [9.17, 15) is 4.21 Å². The molecule has 0 spiro atoms. The number of hydrogen-bond acceptors (Lipinski definition) is 3. The van der Waals surface area contributed by atoms with Crippen LogP contribution in [0.25, 0.3) is 11.1 Å². The maximum atomic E-state index is 11.3. The van der Waals surface area contributed by atoms with Gasteiger partial charge in [-0.3, -0.25) is 4.21 Å². The van der Waals surface area contributed by atoms with Crippen LogP contribution in [0, 0.1) is 13.8 Å². The minimum Gasteiger partial charge on any atom is -0.361 e. The Bertz CT molecular complexity index is 509. The topological polar surface area (TPSA) is 43.1 Å². The van der Waals surface area contributed by atoms with Crippen molar-refractivity contribution in [2.24, 2.45) is 0 Å². The van der Waals surface area contributed by atoms with Gasteiger partial charge in [-0.15, -0.1) is 0 Å². The number of aryl methyl sites for hydroxylation is 2.